The van der Waals surface area contributed by atoms with E-state index in [4.69, 9.17) is 5.73 Å². The summed E-state index contributed by atoms with van der Waals surface area (Å²) in [5.74, 6) is 0. The van der Waals surface area contributed by atoms with Gasteiger partial charge in [0.25, 0.3) is 0 Å². The first-order valence-corrected chi connectivity index (χ1v) is 0.908. The Morgan fingerprint density at radius 1 is 1.60 bits per heavy atom. The van der Waals surface area contributed by atoms with Gasteiger partial charge in [-0.3, -0.25) is 0 Å². The molecule has 5 heavy (non-hydrogen) atoms. The molecule has 0 aromatic carbocycles. The quantitative estimate of drug-likeness (QED) is 0.489. The van der Waals surface area contributed by atoms with Crippen molar-refractivity contribution in [3.63, 3.8) is 0 Å². The van der Waals surface area contributed by atoms with Crippen molar-refractivity contribution in [3.8, 4) is 0 Å². The third-order valence-corrected chi connectivity index (χ3v) is 0. The van der Waals surface area contributed by atoms with Crippen molar-refractivity contribution < 1.29 is 32.7 Å². The summed E-state index contributed by atoms with van der Waals surface area (Å²) in [7, 11) is 0. The van der Waals surface area contributed by atoms with Gasteiger partial charge in [-0.1, -0.05) is 0 Å². The largest absolute Gasteiger partial charge is 3.00 e. The molecule has 0 aliphatic carbocycles. The maximum atomic E-state index is 4.74. The fourth-order valence-corrected chi connectivity index (χ4v) is 0. The van der Waals surface area contributed by atoms with Crippen molar-refractivity contribution in [2.45, 2.75) is 0 Å². The maximum Gasteiger partial charge on any atom is 3.00 e. The fraction of sp³-hybridized carbons (Fsp3) is 0.333. The molecule has 0 aromatic rings. The SMILES string of the molecule is [CH2-]CN.[CH3-].[Y+3]. The fourth-order valence-electron chi connectivity index (χ4n) is 0. The monoisotopic (exact) mass is 148 g/mol. The molecule has 0 heterocycles. The second kappa shape index (κ2) is 19.6. The third kappa shape index (κ3) is 42.0. The number of hydrogen-bond acceptors (Lipinski definition) is 1. The first-order valence-electron chi connectivity index (χ1n) is 0.908. The van der Waals surface area contributed by atoms with Crippen LogP contribution in [0.15, 0.2) is 0 Å². The molecular weight excluding hydrogens is 139 g/mol. The van der Waals surface area contributed by atoms with Crippen molar-refractivity contribution in [2.75, 3.05) is 6.54 Å². The van der Waals surface area contributed by atoms with Gasteiger partial charge in [-0.15, -0.1) is 6.54 Å². The average Bonchev–Trinajstić information content (AvgIpc) is 0.918. The molecule has 0 aliphatic heterocycles. The van der Waals surface area contributed by atoms with E-state index < -0.39 is 0 Å². The molecule has 0 rings (SSSR count). The third-order valence-electron chi connectivity index (χ3n) is 0. The Morgan fingerprint density at radius 2 is 1.60 bits per heavy atom. The summed E-state index contributed by atoms with van der Waals surface area (Å²) in [5.41, 5.74) is 4.74. The van der Waals surface area contributed by atoms with Crippen LogP contribution in [-0.2, 0) is 32.7 Å². The Hall–Kier alpha value is 1.06. The molecule has 0 fully saturated rings. The zero-order valence-electron chi connectivity index (χ0n) is 3.57. The summed E-state index contributed by atoms with van der Waals surface area (Å²) in [5, 5.41) is 0. The van der Waals surface area contributed by atoms with Crippen LogP contribution in [0, 0.1) is 14.4 Å². The number of hydrogen-bond donors (Lipinski definition) is 1. The summed E-state index contributed by atoms with van der Waals surface area (Å²) in [6.45, 7) is 3.76. The molecule has 0 aliphatic rings. The van der Waals surface area contributed by atoms with Crippen LogP contribution in [0.25, 0.3) is 0 Å². The molecular formula is C3H9NY+. The summed E-state index contributed by atoms with van der Waals surface area (Å²) < 4.78 is 0. The first kappa shape index (κ1) is 16.6. The Balaban J connectivity index is -0.0000000200. The van der Waals surface area contributed by atoms with E-state index in [1.165, 1.54) is 0 Å². The standard InChI is InChI=1S/C2H6N.CH3.Y/c1-2-3;;/h1-3H2;1H3;/q2*-1;+3. The molecule has 0 saturated heterocycles. The van der Waals surface area contributed by atoms with Crippen LogP contribution in [0.4, 0.5) is 0 Å². The van der Waals surface area contributed by atoms with Crippen LogP contribution in [0.2, 0.25) is 0 Å². The average molecular weight is 148 g/mol. The molecule has 0 bridgehead atoms. The van der Waals surface area contributed by atoms with E-state index >= 15 is 0 Å². The van der Waals surface area contributed by atoms with Crippen molar-refractivity contribution in [1.82, 2.24) is 0 Å². The van der Waals surface area contributed by atoms with Gasteiger partial charge in [0, 0.05) is 0 Å². The summed E-state index contributed by atoms with van der Waals surface area (Å²) >= 11 is 0. The molecule has 0 saturated carbocycles. The van der Waals surface area contributed by atoms with Crippen molar-refractivity contribution in [3.05, 3.63) is 14.4 Å². The number of nitrogens with two attached hydrogens (primary N) is 1. The Morgan fingerprint density at radius 3 is 1.60 bits per heavy atom. The van der Waals surface area contributed by atoms with Gasteiger partial charge >= 0.3 is 32.7 Å². The van der Waals surface area contributed by atoms with E-state index in [9.17, 15) is 0 Å². The molecule has 0 spiro atoms. The smallest absolute Gasteiger partial charge is 0.360 e. The maximum absolute atomic E-state index is 4.74. The van der Waals surface area contributed by atoms with Crippen LogP contribution >= 0.6 is 0 Å². The normalized spacial score (nSPS) is 3.60. The molecule has 0 aromatic heterocycles. The van der Waals surface area contributed by atoms with E-state index in [0.717, 1.165) is 0 Å². The zero-order valence-corrected chi connectivity index (χ0v) is 6.41. The second-order valence-electron chi connectivity index (χ2n) is 0.289. The van der Waals surface area contributed by atoms with Crippen LogP contribution in [0.3, 0.4) is 0 Å². The predicted molar refractivity (Wildman–Crippen MR) is 20.8 cm³/mol. The van der Waals surface area contributed by atoms with Gasteiger partial charge in [0.2, 0.25) is 0 Å². The minimum atomic E-state index is 0. The van der Waals surface area contributed by atoms with Crippen LogP contribution in [0.1, 0.15) is 0 Å². The molecule has 0 radical (unpaired) electrons. The molecule has 0 amide bonds. The summed E-state index contributed by atoms with van der Waals surface area (Å²) in [6, 6.07) is 0. The Labute approximate surface area is 59.2 Å². The van der Waals surface area contributed by atoms with Crippen molar-refractivity contribution in [2.24, 2.45) is 5.73 Å². The van der Waals surface area contributed by atoms with Gasteiger partial charge in [0.1, 0.15) is 0 Å². The van der Waals surface area contributed by atoms with E-state index in [2.05, 4.69) is 6.92 Å². The van der Waals surface area contributed by atoms with E-state index in [-0.39, 0.29) is 40.1 Å². The minimum absolute atomic E-state index is 0. The van der Waals surface area contributed by atoms with E-state index in [0.29, 0.717) is 6.54 Å². The predicted octanol–water partition coefficient (Wildman–Crippen LogP) is 0.227. The van der Waals surface area contributed by atoms with Crippen LogP contribution in [-0.4, -0.2) is 6.54 Å². The molecule has 2 N–H and O–H groups in total. The van der Waals surface area contributed by atoms with Crippen molar-refractivity contribution in [1.29, 1.82) is 0 Å². The van der Waals surface area contributed by atoms with Gasteiger partial charge in [0.15, 0.2) is 0 Å². The summed E-state index contributed by atoms with van der Waals surface area (Å²) in [6.07, 6.45) is 0. The molecule has 0 unspecified atom stereocenters. The summed E-state index contributed by atoms with van der Waals surface area (Å²) in [4.78, 5) is 0. The Bertz CT molecular complexity index is 6.85. The first-order chi connectivity index (χ1) is 1.41. The molecule has 2 heteroatoms. The Kier molecular flexibility index (Phi) is 65.0. The number of rotatable bonds is 0. The molecule has 0 atom stereocenters. The van der Waals surface area contributed by atoms with Gasteiger partial charge in [-0.25, -0.2) is 0 Å². The van der Waals surface area contributed by atoms with Gasteiger partial charge in [-0.05, 0) is 0 Å². The van der Waals surface area contributed by atoms with E-state index in [1.54, 1.807) is 0 Å². The topological polar surface area (TPSA) is 26.0 Å². The molecule has 28 valence electrons. The van der Waals surface area contributed by atoms with Gasteiger partial charge < -0.3 is 20.1 Å². The van der Waals surface area contributed by atoms with Crippen molar-refractivity contribution >= 4 is 0 Å². The van der Waals surface area contributed by atoms with Gasteiger partial charge in [-0.2, -0.15) is 0 Å². The second-order valence-corrected chi connectivity index (χ2v) is 0.289. The van der Waals surface area contributed by atoms with Crippen LogP contribution < -0.4 is 5.73 Å². The van der Waals surface area contributed by atoms with E-state index in [1.807, 2.05) is 0 Å². The van der Waals surface area contributed by atoms with Gasteiger partial charge in [0.05, 0.1) is 0 Å². The molecule has 1 nitrogen and oxygen atoms in total. The van der Waals surface area contributed by atoms with Crippen LogP contribution in [0.5, 0.6) is 0 Å². The minimum Gasteiger partial charge on any atom is -0.360 e. The zero-order chi connectivity index (χ0) is 2.71.